The standard InChI is InChI=1S/C8H13N3O4S/c1-8(2)6-16(13,14)4-3-10(8)11-5-7(12)15-9-11/h5H,3-4,6H2,1-2H3/p+1. The van der Waals surface area contributed by atoms with Crippen LogP contribution in [0.1, 0.15) is 13.8 Å². The molecular weight excluding hydrogens is 234 g/mol. The third kappa shape index (κ3) is 1.97. The van der Waals surface area contributed by atoms with Gasteiger partial charge in [0.15, 0.2) is 9.84 Å². The van der Waals surface area contributed by atoms with Crippen LogP contribution in [0, 0.1) is 0 Å². The van der Waals surface area contributed by atoms with Crippen molar-refractivity contribution in [2.75, 3.05) is 23.1 Å². The van der Waals surface area contributed by atoms with E-state index in [2.05, 4.69) is 9.79 Å². The number of aromatic amines is 1. The van der Waals surface area contributed by atoms with Crippen molar-refractivity contribution < 1.29 is 17.7 Å². The van der Waals surface area contributed by atoms with Crippen molar-refractivity contribution in [3.63, 3.8) is 0 Å². The van der Waals surface area contributed by atoms with Crippen LogP contribution in [-0.4, -0.2) is 37.3 Å². The first-order chi connectivity index (χ1) is 7.30. The van der Waals surface area contributed by atoms with Gasteiger partial charge >= 0.3 is 11.8 Å². The van der Waals surface area contributed by atoms with Gasteiger partial charge in [-0.3, -0.25) is 4.52 Å². The first-order valence-electron chi connectivity index (χ1n) is 4.89. The summed E-state index contributed by atoms with van der Waals surface area (Å²) in [5.41, 5.74) is -1.07. The van der Waals surface area contributed by atoms with Crippen LogP contribution in [0.5, 0.6) is 0 Å². The van der Waals surface area contributed by atoms with Gasteiger partial charge in [-0.05, 0) is 13.8 Å². The van der Waals surface area contributed by atoms with Crippen molar-refractivity contribution in [3.05, 3.63) is 16.6 Å². The Balaban J connectivity index is 2.34. The van der Waals surface area contributed by atoms with Gasteiger partial charge in [0.1, 0.15) is 5.54 Å². The smallest absolute Gasteiger partial charge is 0.281 e. The van der Waals surface area contributed by atoms with Gasteiger partial charge in [-0.2, -0.15) is 0 Å². The second-order valence-corrected chi connectivity index (χ2v) is 6.70. The molecule has 0 aliphatic carbocycles. The maximum atomic E-state index is 11.5. The van der Waals surface area contributed by atoms with Crippen molar-refractivity contribution in [2.45, 2.75) is 19.4 Å². The molecule has 0 spiro atoms. The minimum absolute atomic E-state index is 0.0558. The van der Waals surface area contributed by atoms with E-state index in [4.69, 9.17) is 0 Å². The van der Waals surface area contributed by atoms with E-state index in [1.54, 1.807) is 5.01 Å². The molecule has 90 valence electrons. The highest BCUT2D eigenvalue weighted by atomic mass is 32.2. The summed E-state index contributed by atoms with van der Waals surface area (Å²) in [6.45, 7) is 3.94. The molecule has 1 aliphatic rings. The summed E-state index contributed by atoms with van der Waals surface area (Å²) in [7, 11) is -3.00. The lowest BCUT2D eigenvalue weighted by Crippen LogP contribution is -2.73. The summed E-state index contributed by atoms with van der Waals surface area (Å²) in [6.07, 6.45) is 1.25. The molecule has 0 unspecified atom stereocenters. The van der Waals surface area contributed by atoms with Crippen LogP contribution in [-0.2, 0) is 9.84 Å². The summed E-state index contributed by atoms with van der Waals surface area (Å²) < 4.78 is 27.6. The predicted molar refractivity (Wildman–Crippen MR) is 55.3 cm³/mol. The molecule has 1 N–H and O–H groups in total. The van der Waals surface area contributed by atoms with E-state index in [1.165, 1.54) is 11.0 Å². The van der Waals surface area contributed by atoms with Gasteiger partial charge in [-0.1, -0.05) is 0 Å². The fraction of sp³-hybridized carbons (Fsp3) is 0.750. The van der Waals surface area contributed by atoms with Crippen LogP contribution < -0.4 is 15.4 Å². The molecular formula is C8H14N3O4S+. The average Bonchev–Trinajstić information content (AvgIpc) is 2.47. The number of nitrogens with zero attached hydrogens (tertiary/aromatic N) is 2. The topological polar surface area (TPSA) is 87.3 Å². The van der Waals surface area contributed by atoms with Gasteiger partial charge in [0.05, 0.1) is 18.1 Å². The number of nitrogens with one attached hydrogen (secondary N) is 1. The number of rotatable bonds is 1. The van der Waals surface area contributed by atoms with Crippen LogP contribution in [0.4, 0.5) is 0 Å². The Kier molecular flexibility index (Phi) is 2.33. The fourth-order valence-electron chi connectivity index (χ4n) is 1.98. The van der Waals surface area contributed by atoms with Crippen LogP contribution >= 0.6 is 0 Å². The van der Waals surface area contributed by atoms with E-state index in [0.29, 0.717) is 6.54 Å². The molecule has 16 heavy (non-hydrogen) atoms. The maximum Gasteiger partial charge on any atom is 0.430 e. The quantitative estimate of drug-likeness (QED) is 0.605. The zero-order valence-corrected chi connectivity index (χ0v) is 9.95. The SMILES string of the molecule is CC1(C)CS(=O)(=O)CCN1[n+]1cc(=O)o[nH]1. The van der Waals surface area contributed by atoms with E-state index in [9.17, 15) is 13.2 Å². The predicted octanol–water partition coefficient (Wildman–Crippen LogP) is -1.60. The molecule has 8 heteroatoms. The normalized spacial score (nSPS) is 23.2. The number of aromatic nitrogens is 2. The molecule has 7 nitrogen and oxygen atoms in total. The second-order valence-electron chi connectivity index (χ2n) is 4.51. The van der Waals surface area contributed by atoms with Gasteiger partial charge in [0.2, 0.25) is 0 Å². The molecule has 1 fully saturated rings. The number of hydrogen-bond acceptors (Lipinski definition) is 5. The van der Waals surface area contributed by atoms with Crippen molar-refractivity contribution in [3.8, 4) is 0 Å². The molecule has 0 bridgehead atoms. The Morgan fingerprint density at radius 1 is 1.56 bits per heavy atom. The van der Waals surface area contributed by atoms with Gasteiger partial charge in [-0.15, -0.1) is 5.01 Å². The second kappa shape index (κ2) is 3.34. The maximum absolute atomic E-state index is 11.5. The molecule has 0 aromatic carbocycles. The monoisotopic (exact) mass is 248 g/mol. The van der Waals surface area contributed by atoms with Gasteiger partial charge in [0, 0.05) is 10.1 Å². The first kappa shape index (κ1) is 11.2. The van der Waals surface area contributed by atoms with E-state index >= 15 is 0 Å². The number of H-pyrrole nitrogens is 1. The molecule has 2 heterocycles. The highest BCUT2D eigenvalue weighted by molar-refractivity contribution is 7.91. The largest absolute Gasteiger partial charge is 0.430 e. The van der Waals surface area contributed by atoms with E-state index < -0.39 is 21.0 Å². The van der Waals surface area contributed by atoms with Crippen molar-refractivity contribution in [2.24, 2.45) is 0 Å². The van der Waals surface area contributed by atoms with Gasteiger partial charge in [0.25, 0.3) is 0 Å². The Bertz CT molecular complexity index is 542. The molecule has 0 amide bonds. The zero-order chi connectivity index (χ0) is 12.0. The summed E-state index contributed by atoms with van der Waals surface area (Å²) >= 11 is 0. The summed E-state index contributed by atoms with van der Waals surface area (Å²) in [5.74, 6) is 0.136. The van der Waals surface area contributed by atoms with Crippen LogP contribution in [0.2, 0.25) is 0 Å². The van der Waals surface area contributed by atoms with Crippen molar-refractivity contribution in [1.82, 2.24) is 5.27 Å². The van der Waals surface area contributed by atoms with E-state index in [0.717, 1.165) is 0 Å². The molecule has 1 saturated heterocycles. The van der Waals surface area contributed by atoms with Crippen LogP contribution in [0.3, 0.4) is 0 Å². The van der Waals surface area contributed by atoms with E-state index in [1.807, 2.05) is 13.8 Å². The molecule has 1 aromatic heterocycles. The van der Waals surface area contributed by atoms with Crippen LogP contribution in [0.15, 0.2) is 15.5 Å². The first-order valence-corrected chi connectivity index (χ1v) is 6.71. The lowest BCUT2D eigenvalue weighted by molar-refractivity contribution is -0.765. The lowest BCUT2D eigenvalue weighted by atomic mass is 10.1. The molecule has 0 radical (unpaired) electrons. The van der Waals surface area contributed by atoms with Gasteiger partial charge in [-0.25, -0.2) is 13.2 Å². The Labute approximate surface area is 92.5 Å². The molecule has 0 saturated carbocycles. The molecule has 1 aromatic rings. The molecule has 1 aliphatic heterocycles. The molecule has 2 rings (SSSR count). The van der Waals surface area contributed by atoms with Crippen molar-refractivity contribution >= 4 is 9.84 Å². The summed E-state index contributed by atoms with van der Waals surface area (Å²) in [6, 6.07) is 0. The summed E-state index contributed by atoms with van der Waals surface area (Å²) in [4.78, 5) is 12.3. The Morgan fingerprint density at radius 3 is 2.75 bits per heavy atom. The number of hydrogen-bond donors (Lipinski definition) is 1. The third-order valence-electron chi connectivity index (χ3n) is 2.61. The Hall–Kier alpha value is -1.31. The average molecular weight is 248 g/mol. The van der Waals surface area contributed by atoms with Crippen molar-refractivity contribution in [1.29, 1.82) is 0 Å². The summed E-state index contributed by atoms with van der Waals surface area (Å²) in [5, 5.41) is 4.18. The highest BCUT2D eigenvalue weighted by Crippen LogP contribution is 2.17. The molecule has 0 atom stereocenters. The minimum Gasteiger partial charge on any atom is -0.281 e. The Morgan fingerprint density at radius 2 is 2.25 bits per heavy atom. The van der Waals surface area contributed by atoms with E-state index in [-0.39, 0.29) is 11.5 Å². The van der Waals surface area contributed by atoms with Gasteiger partial charge < -0.3 is 0 Å². The van der Waals surface area contributed by atoms with Crippen LogP contribution in [0.25, 0.3) is 0 Å². The fourth-order valence-corrected chi connectivity index (χ4v) is 3.80. The minimum atomic E-state index is -3.00. The number of sulfone groups is 1. The highest BCUT2D eigenvalue weighted by Gasteiger charge is 2.43. The third-order valence-corrected chi connectivity index (χ3v) is 4.56. The zero-order valence-electron chi connectivity index (χ0n) is 9.13. The lowest BCUT2D eigenvalue weighted by Gasteiger charge is -2.35.